The number of carboxylic acids is 1. The molecule has 1 aromatic heterocycles. The molecule has 0 unspecified atom stereocenters. The Kier molecular flexibility index (Phi) is 4.46. The summed E-state index contributed by atoms with van der Waals surface area (Å²) in [5, 5.41) is 9.22. The molecule has 1 aliphatic heterocycles. The molecule has 1 aliphatic rings. The van der Waals surface area contributed by atoms with Gasteiger partial charge in [0.15, 0.2) is 15.7 Å². The van der Waals surface area contributed by atoms with Crippen LogP contribution < -0.4 is 4.90 Å². The summed E-state index contributed by atoms with van der Waals surface area (Å²) >= 11 is 0. The van der Waals surface area contributed by atoms with Gasteiger partial charge in [0.05, 0.1) is 28.1 Å². The van der Waals surface area contributed by atoms with Crippen molar-refractivity contribution in [3.8, 4) is 11.3 Å². The lowest BCUT2D eigenvalue weighted by Crippen LogP contribution is -2.41. The maximum Gasteiger partial charge on any atom is 0.335 e. The molecule has 2 heterocycles. The fourth-order valence-corrected chi connectivity index (χ4v) is 4.33. The van der Waals surface area contributed by atoms with E-state index in [0.717, 1.165) is 0 Å². The van der Waals surface area contributed by atoms with E-state index in [1.54, 1.807) is 18.2 Å². The Morgan fingerprint density at radius 1 is 1.00 bits per heavy atom. The van der Waals surface area contributed by atoms with Crippen LogP contribution in [-0.2, 0) is 9.84 Å². The molecule has 7 nitrogen and oxygen atoms in total. The van der Waals surface area contributed by atoms with E-state index >= 15 is 0 Å². The highest BCUT2D eigenvalue weighted by Crippen LogP contribution is 2.31. The molecule has 4 rings (SSSR count). The number of hydrogen-bond acceptors (Lipinski definition) is 6. The molecule has 0 saturated carbocycles. The van der Waals surface area contributed by atoms with E-state index in [9.17, 15) is 22.7 Å². The Labute approximate surface area is 160 Å². The van der Waals surface area contributed by atoms with Crippen LogP contribution in [-0.4, -0.2) is 54.1 Å². The highest BCUT2D eigenvalue weighted by atomic mass is 32.2. The minimum absolute atomic E-state index is 0.00470. The van der Waals surface area contributed by atoms with Gasteiger partial charge in [0.25, 0.3) is 0 Å². The van der Waals surface area contributed by atoms with Crippen molar-refractivity contribution in [2.75, 3.05) is 29.5 Å². The summed E-state index contributed by atoms with van der Waals surface area (Å²) in [6, 6.07) is 10.3. The summed E-state index contributed by atoms with van der Waals surface area (Å²) in [7, 11) is -3.08. The smallest absolute Gasteiger partial charge is 0.335 e. The average molecular weight is 401 g/mol. The van der Waals surface area contributed by atoms with Gasteiger partial charge < -0.3 is 10.0 Å². The zero-order chi connectivity index (χ0) is 19.9. The molecule has 1 saturated heterocycles. The Hall–Kier alpha value is -3.07. The monoisotopic (exact) mass is 401 g/mol. The van der Waals surface area contributed by atoms with E-state index in [1.165, 1.54) is 24.3 Å². The van der Waals surface area contributed by atoms with E-state index in [1.807, 2.05) is 4.90 Å². The second-order valence-electron chi connectivity index (χ2n) is 6.55. The van der Waals surface area contributed by atoms with Crippen LogP contribution in [0.25, 0.3) is 22.3 Å². The maximum atomic E-state index is 13.3. The molecule has 0 amide bonds. The number of rotatable bonds is 3. The van der Waals surface area contributed by atoms with Crippen LogP contribution in [0.15, 0.2) is 42.5 Å². The number of anilines is 1. The third-order valence-corrected chi connectivity index (χ3v) is 6.26. The molecular weight excluding hydrogens is 385 g/mol. The van der Waals surface area contributed by atoms with Gasteiger partial charge in [0.1, 0.15) is 11.5 Å². The van der Waals surface area contributed by atoms with Gasteiger partial charge in [-0.2, -0.15) is 0 Å². The predicted molar refractivity (Wildman–Crippen MR) is 103 cm³/mol. The van der Waals surface area contributed by atoms with Crippen LogP contribution >= 0.6 is 0 Å². The zero-order valence-electron chi connectivity index (χ0n) is 14.7. The van der Waals surface area contributed by atoms with Crippen molar-refractivity contribution in [3.05, 3.63) is 53.8 Å². The van der Waals surface area contributed by atoms with Crippen LogP contribution in [0.5, 0.6) is 0 Å². The van der Waals surface area contributed by atoms with Gasteiger partial charge >= 0.3 is 5.97 Å². The minimum atomic E-state index is -3.08. The number of sulfone groups is 1. The molecule has 9 heteroatoms. The van der Waals surface area contributed by atoms with E-state index in [2.05, 4.69) is 9.97 Å². The number of fused-ring (bicyclic) bond motifs is 1. The van der Waals surface area contributed by atoms with Gasteiger partial charge in [-0.25, -0.2) is 27.6 Å². The minimum Gasteiger partial charge on any atom is -0.478 e. The van der Waals surface area contributed by atoms with Gasteiger partial charge in [0, 0.05) is 18.7 Å². The van der Waals surface area contributed by atoms with Crippen molar-refractivity contribution < 1.29 is 22.7 Å². The summed E-state index contributed by atoms with van der Waals surface area (Å²) in [5.41, 5.74) is 2.12. The van der Waals surface area contributed by atoms with E-state index in [-0.39, 0.29) is 36.0 Å². The number of carboxylic acid groups (broad SMARTS) is 1. The first kappa shape index (κ1) is 18.3. The number of aromatic nitrogens is 2. The number of nitrogens with zero attached hydrogens (tertiary/aromatic N) is 3. The summed E-state index contributed by atoms with van der Waals surface area (Å²) in [4.78, 5) is 22.3. The number of halogens is 1. The fourth-order valence-electron chi connectivity index (χ4n) is 3.12. The predicted octanol–water partition coefficient (Wildman–Crippen LogP) is 2.37. The van der Waals surface area contributed by atoms with Crippen LogP contribution in [0.1, 0.15) is 10.4 Å². The standard InChI is InChI=1S/C19H16FN3O4S/c20-14-4-1-12(2-5-14)17-18(23-7-9-28(26,27)10-8-23)22-16-11-13(19(24)25)3-6-15(16)21-17/h1-6,11H,7-10H2,(H,24,25). The van der Waals surface area contributed by atoms with E-state index in [4.69, 9.17) is 0 Å². The quantitative estimate of drug-likeness (QED) is 0.719. The third kappa shape index (κ3) is 3.53. The van der Waals surface area contributed by atoms with Crippen LogP contribution in [0.4, 0.5) is 10.2 Å². The van der Waals surface area contributed by atoms with Crippen molar-refractivity contribution in [1.29, 1.82) is 0 Å². The molecule has 0 radical (unpaired) electrons. The molecule has 28 heavy (non-hydrogen) atoms. The van der Waals surface area contributed by atoms with Gasteiger partial charge in [-0.15, -0.1) is 0 Å². The summed E-state index contributed by atoms with van der Waals surface area (Å²) in [6.07, 6.45) is 0. The topological polar surface area (TPSA) is 100 Å². The van der Waals surface area contributed by atoms with Crippen LogP contribution in [0, 0.1) is 5.82 Å². The van der Waals surface area contributed by atoms with Gasteiger partial charge in [0.2, 0.25) is 0 Å². The Balaban J connectivity index is 1.88. The second-order valence-corrected chi connectivity index (χ2v) is 8.85. The number of carbonyl (C=O) groups is 1. The molecule has 0 atom stereocenters. The van der Waals surface area contributed by atoms with E-state index < -0.39 is 15.8 Å². The lowest BCUT2D eigenvalue weighted by atomic mass is 10.1. The molecule has 3 aromatic rings. The van der Waals surface area contributed by atoms with Crippen LogP contribution in [0.3, 0.4) is 0 Å². The largest absolute Gasteiger partial charge is 0.478 e. The molecule has 144 valence electrons. The fraction of sp³-hybridized carbons (Fsp3) is 0.211. The van der Waals surface area contributed by atoms with Crippen molar-refractivity contribution in [2.24, 2.45) is 0 Å². The molecule has 0 spiro atoms. The van der Waals surface area contributed by atoms with Crippen LogP contribution in [0.2, 0.25) is 0 Å². The van der Waals surface area contributed by atoms with Crippen molar-refractivity contribution >= 4 is 32.7 Å². The Bertz CT molecular complexity index is 1170. The normalized spacial score (nSPS) is 16.2. The van der Waals surface area contributed by atoms with Gasteiger partial charge in [-0.3, -0.25) is 0 Å². The number of aromatic carboxylic acids is 1. The SMILES string of the molecule is O=C(O)c1ccc2nc(-c3ccc(F)cc3)c(N3CCS(=O)(=O)CC3)nc2c1. The number of hydrogen-bond donors (Lipinski definition) is 1. The first-order valence-corrected chi connectivity index (χ1v) is 10.4. The van der Waals surface area contributed by atoms with E-state index in [0.29, 0.717) is 28.1 Å². The van der Waals surface area contributed by atoms with Crippen molar-refractivity contribution in [3.63, 3.8) is 0 Å². The van der Waals surface area contributed by atoms with Gasteiger partial charge in [-0.1, -0.05) is 0 Å². The maximum absolute atomic E-state index is 13.3. The Morgan fingerprint density at radius 2 is 1.68 bits per heavy atom. The first-order valence-electron chi connectivity index (χ1n) is 8.59. The average Bonchev–Trinajstić information content (AvgIpc) is 2.67. The zero-order valence-corrected chi connectivity index (χ0v) is 15.5. The van der Waals surface area contributed by atoms with Crippen molar-refractivity contribution in [1.82, 2.24) is 9.97 Å². The lowest BCUT2D eigenvalue weighted by Gasteiger charge is -2.29. The second kappa shape index (κ2) is 6.83. The summed E-state index contributed by atoms with van der Waals surface area (Å²) < 4.78 is 36.9. The van der Waals surface area contributed by atoms with Gasteiger partial charge in [-0.05, 0) is 42.5 Å². The molecule has 2 aromatic carbocycles. The molecule has 0 aliphatic carbocycles. The highest BCUT2D eigenvalue weighted by molar-refractivity contribution is 7.91. The summed E-state index contributed by atoms with van der Waals surface area (Å²) in [5.74, 6) is -0.988. The molecule has 1 fully saturated rings. The lowest BCUT2D eigenvalue weighted by molar-refractivity contribution is 0.0697. The third-order valence-electron chi connectivity index (χ3n) is 4.65. The first-order chi connectivity index (χ1) is 13.3. The van der Waals surface area contributed by atoms with Crippen molar-refractivity contribution in [2.45, 2.75) is 0 Å². The molecular formula is C19H16FN3O4S. The number of benzene rings is 2. The molecule has 1 N–H and O–H groups in total. The molecule has 0 bridgehead atoms. The Morgan fingerprint density at radius 3 is 2.32 bits per heavy atom. The summed E-state index contributed by atoms with van der Waals surface area (Å²) in [6.45, 7) is 0.519. The highest BCUT2D eigenvalue weighted by Gasteiger charge is 2.26.